The summed E-state index contributed by atoms with van der Waals surface area (Å²) in [6, 6.07) is 5.93. The molecule has 2 atom stereocenters. The Bertz CT molecular complexity index is 1240. The van der Waals surface area contributed by atoms with Gasteiger partial charge in [-0.2, -0.15) is 0 Å². The second-order valence-electron chi connectivity index (χ2n) is 9.94. The number of hydrogen-bond acceptors (Lipinski definition) is 7. The monoisotopic (exact) mass is 525 g/mol. The normalized spacial score (nSPS) is 14.9. The smallest absolute Gasteiger partial charge is 0.242 e. The van der Waals surface area contributed by atoms with Crippen molar-refractivity contribution in [1.29, 1.82) is 0 Å². The predicted octanol–water partition coefficient (Wildman–Crippen LogP) is 3.83. The predicted molar refractivity (Wildman–Crippen MR) is 148 cm³/mol. The van der Waals surface area contributed by atoms with Crippen LogP contribution in [0.3, 0.4) is 0 Å². The van der Waals surface area contributed by atoms with E-state index < -0.39 is 12.1 Å². The Hall–Kier alpha value is -3.75. The first kappa shape index (κ1) is 28.8. The van der Waals surface area contributed by atoms with Crippen LogP contribution in [0.2, 0.25) is 0 Å². The van der Waals surface area contributed by atoms with Gasteiger partial charge >= 0.3 is 0 Å². The lowest BCUT2D eigenvalue weighted by molar-refractivity contribution is -0.121. The number of amides is 2. The van der Waals surface area contributed by atoms with Crippen molar-refractivity contribution in [3.8, 4) is 28.4 Å². The minimum absolute atomic E-state index is 0.182. The van der Waals surface area contributed by atoms with E-state index in [4.69, 9.17) is 14.2 Å². The molecule has 3 rings (SSSR count). The molecule has 2 unspecified atom stereocenters. The number of methoxy groups -OCH3 is 3. The van der Waals surface area contributed by atoms with Crippen molar-refractivity contribution in [3.63, 3.8) is 0 Å². The molecule has 9 heteroatoms. The fourth-order valence-corrected chi connectivity index (χ4v) is 4.76. The van der Waals surface area contributed by atoms with Crippen molar-refractivity contribution >= 4 is 17.5 Å². The van der Waals surface area contributed by atoms with Crippen LogP contribution in [0.4, 0.5) is 5.69 Å². The summed E-state index contributed by atoms with van der Waals surface area (Å²) in [5.41, 5.74) is 3.11. The Morgan fingerprint density at radius 2 is 1.74 bits per heavy atom. The summed E-state index contributed by atoms with van der Waals surface area (Å²) in [5.74, 6) is 1.56. The number of benzene rings is 1. The van der Waals surface area contributed by atoms with E-state index in [0.717, 1.165) is 23.1 Å². The molecular formula is C29H39N3O6. The number of rotatable bonds is 10. The van der Waals surface area contributed by atoms with Crippen LogP contribution in [0.25, 0.3) is 11.1 Å². The topological polar surface area (TPSA) is 115 Å². The fourth-order valence-electron chi connectivity index (χ4n) is 4.76. The Morgan fingerprint density at radius 3 is 2.34 bits per heavy atom. The van der Waals surface area contributed by atoms with Gasteiger partial charge in [-0.15, -0.1) is 0 Å². The highest BCUT2D eigenvalue weighted by Crippen LogP contribution is 2.50. The average molecular weight is 526 g/mol. The van der Waals surface area contributed by atoms with Crippen molar-refractivity contribution in [1.82, 2.24) is 10.6 Å². The molecule has 0 fully saturated rings. The SMILES string of the molecule is COc1cc2c(c(OC)c1OC)-c1ccc(NC(C)C(=O)NCCC(C)C)c(=O)cc1C(NC(C)=O)CC2. The van der Waals surface area contributed by atoms with Crippen LogP contribution in [-0.4, -0.2) is 45.7 Å². The van der Waals surface area contributed by atoms with E-state index >= 15 is 0 Å². The van der Waals surface area contributed by atoms with Gasteiger partial charge in [0.2, 0.25) is 23.0 Å². The quantitative estimate of drug-likeness (QED) is 0.432. The Balaban J connectivity index is 2.14. The Morgan fingerprint density at radius 1 is 1.03 bits per heavy atom. The van der Waals surface area contributed by atoms with Crippen LogP contribution in [0.1, 0.15) is 57.7 Å². The van der Waals surface area contributed by atoms with Crippen LogP contribution in [-0.2, 0) is 16.0 Å². The Labute approximate surface area is 224 Å². The van der Waals surface area contributed by atoms with Gasteiger partial charge in [-0.25, -0.2) is 0 Å². The minimum atomic E-state index is -0.616. The van der Waals surface area contributed by atoms with Gasteiger partial charge in [0.1, 0.15) is 6.04 Å². The number of hydrogen-bond donors (Lipinski definition) is 3. The highest BCUT2D eigenvalue weighted by molar-refractivity contribution is 5.85. The van der Waals surface area contributed by atoms with Gasteiger partial charge in [-0.1, -0.05) is 19.9 Å². The second-order valence-corrected chi connectivity index (χ2v) is 9.94. The molecule has 2 amide bonds. The molecule has 0 spiro atoms. The summed E-state index contributed by atoms with van der Waals surface area (Å²) < 4.78 is 17.0. The van der Waals surface area contributed by atoms with Crippen molar-refractivity contribution < 1.29 is 23.8 Å². The first-order valence-electron chi connectivity index (χ1n) is 12.9. The fraction of sp³-hybridized carbons (Fsp3) is 0.483. The summed E-state index contributed by atoms with van der Waals surface area (Å²) >= 11 is 0. The molecule has 0 heterocycles. The third-order valence-corrected chi connectivity index (χ3v) is 6.70. The molecule has 1 aliphatic carbocycles. The summed E-state index contributed by atoms with van der Waals surface area (Å²) in [5, 5.41) is 8.97. The lowest BCUT2D eigenvalue weighted by Crippen LogP contribution is -2.39. The van der Waals surface area contributed by atoms with Crippen molar-refractivity contribution in [3.05, 3.63) is 45.6 Å². The van der Waals surface area contributed by atoms with E-state index in [9.17, 15) is 14.4 Å². The number of aryl methyl sites for hydroxylation is 1. The number of carbonyl (C=O) groups excluding carboxylic acids is 2. The van der Waals surface area contributed by atoms with E-state index in [1.54, 1.807) is 34.3 Å². The van der Waals surface area contributed by atoms with Crippen LogP contribution in [0.15, 0.2) is 29.1 Å². The zero-order chi connectivity index (χ0) is 28.0. The van der Waals surface area contributed by atoms with Gasteiger partial charge in [0, 0.05) is 19.0 Å². The molecule has 38 heavy (non-hydrogen) atoms. The van der Waals surface area contributed by atoms with E-state index in [0.29, 0.717) is 48.1 Å². The first-order chi connectivity index (χ1) is 18.1. The van der Waals surface area contributed by atoms with Crippen molar-refractivity contribution in [2.45, 2.75) is 59.0 Å². The van der Waals surface area contributed by atoms with Crippen molar-refractivity contribution in [2.24, 2.45) is 5.92 Å². The van der Waals surface area contributed by atoms with Crippen LogP contribution >= 0.6 is 0 Å². The first-order valence-corrected chi connectivity index (χ1v) is 12.9. The maximum absolute atomic E-state index is 13.4. The average Bonchev–Trinajstić information content (AvgIpc) is 3.11. The zero-order valence-corrected chi connectivity index (χ0v) is 23.3. The van der Waals surface area contributed by atoms with Gasteiger partial charge in [0.05, 0.1) is 33.1 Å². The van der Waals surface area contributed by atoms with Gasteiger partial charge in [0.25, 0.3) is 0 Å². The van der Waals surface area contributed by atoms with Crippen LogP contribution < -0.4 is 35.6 Å². The van der Waals surface area contributed by atoms with Gasteiger partial charge in [0.15, 0.2) is 11.5 Å². The highest BCUT2D eigenvalue weighted by atomic mass is 16.5. The summed E-state index contributed by atoms with van der Waals surface area (Å²) in [6.07, 6.45) is 2.06. The maximum atomic E-state index is 13.4. The van der Waals surface area contributed by atoms with E-state index in [1.165, 1.54) is 13.0 Å². The molecule has 0 aromatic heterocycles. The standard InChI is InChI=1S/C29H39N3O6/c1-16(2)12-13-30-29(35)17(3)31-23-11-9-20-21(15-24(23)34)22(32-18(4)33)10-8-19-14-25(36-5)27(37-6)28(38-7)26(19)20/h9,11,14-17,22H,8,10,12-13H2,1-7H3,(H,30,35)(H,31,34)(H,32,33). The van der Waals surface area contributed by atoms with Gasteiger partial charge in [-0.05, 0) is 67.0 Å². The summed E-state index contributed by atoms with van der Waals surface area (Å²) in [4.78, 5) is 38.1. The molecular weight excluding hydrogens is 486 g/mol. The number of carbonyl (C=O) groups is 2. The lowest BCUT2D eigenvalue weighted by atomic mass is 9.95. The van der Waals surface area contributed by atoms with E-state index in [1.807, 2.05) is 12.1 Å². The molecule has 0 radical (unpaired) electrons. The molecule has 2 aromatic carbocycles. The lowest BCUT2D eigenvalue weighted by Gasteiger charge is -2.19. The molecule has 0 saturated heterocycles. The summed E-state index contributed by atoms with van der Waals surface area (Å²) in [6.45, 7) is 7.94. The summed E-state index contributed by atoms with van der Waals surface area (Å²) in [7, 11) is 4.67. The minimum Gasteiger partial charge on any atom is -0.493 e. The molecule has 9 nitrogen and oxygen atoms in total. The Kier molecular flexibility index (Phi) is 9.61. The molecule has 206 valence electrons. The van der Waals surface area contributed by atoms with Crippen LogP contribution in [0.5, 0.6) is 17.2 Å². The number of anilines is 1. The number of ether oxygens (including phenoxy) is 3. The molecule has 1 aliphatic rings. The van der Waals surface area contributed by atoms with Gasteiger partial charge < -0.3 is 30.2 Å². The maximum Gasteiger partial charge on any atom is 0.242 e. The third-order valence-electron chi connectivity index (χ3n) is 6.70. The zero-order valence-electron chi connectivity index (χ0n) is 23.3. The molecule has 0 aliphatic heterocycles. The van der Waals surface area contributed by atoms with E-state index in [-0.39, 0.29) is 22.9 Å². The van der Waals surface area contributed by atoms with Crippen molar-refractivity contribution in [2.75, 3.05) is 33.2 Å². The molecule has 3 N–H and O–H groups in total. The van der Waals surface area contributed by atoms with E-state index in [2.05, 4.69) is 29.8 Å². The van der Waals surface area contributed by atoms with Gasteiger partial charge in [-0.3, -0.25) is 14.4 Å². The molecule has 2 aromatic rings. The molecule has 0 bridgehead atoms. The number of fused-ring (bicyclic) bond motifs is 3. The molecule has 0 saturated carbocycles. The largest absolute Gasteiger partial charge is 0.493 e. The highest BCUT2D eigenvalue weighted by Gasteiger charge is 2.29. The number of nitrogens with one attached hydrogen (secondary N) is 3. The third kappa shape index (κ3) is 6.38. The second kappa shape index (κ2) is 12.7. The van der Waals surface area contributed by atoms with Crippen LogP contribution in [0, 0.1) is 5.92 Å².